The number of nitrogens with one attached hydrogen (secondary N) is 1. The van der Waals surface area contributed by atoms with E-state index in [9.17, 15) is 4.79 Å². The number of carbonyl (C=O) groups is 1. The smallest absolute Gasteiger partial charge is 0.225 e. The van der Waals surface area contributed by atoms with E-state index < -0.39 is 0 Å². The molecule has 1 N–H and O–H groups in total. The second kappa shape index (κ2) is 1.94. The second-order valence-electron chi connectivity index (χ2n) is 5.69. The summed E-state index contributed by atoms with van der Waals surface area (Å²) in [6.45, 7) is 6.99. The summed E-state index contributed by atoms with van der Waals surface area (Å²) in [5, 5.41) is 3.08. The molecule has 3 saturated carbocycles. The summed E-state index contributed by atoms with van der Waals surface area (Å²) >= 11 is 0. The average molecular weight is 179 g/mol. The van der Waals surface area contributed by atoms with E-state index in [1.165, 1.54) is 6.42 Å². The highest BCUT2D eigenvalue weighted by atomic mass is 16.2. The summed E-state index contributed by atoms with van der Waals surface area (Å²) in [7, 11) is 0. The summed E-state index contributed by atoms with van der Waals surface area (Å²) in [5.74, 6) is 2.83. The van der Waals surface area contributed by atoms with E-state index in [0.717, 1.165) is 11.8 Å². The Kier molecular flexibility index (Phi) is 1.17. The third-order valence-corrected chi connectivity index (χ3v) is 5.05. The predicted molar refractivity (Wildman–Crippen MR) is 50.0 cm³/mol. The summed E-state index contributed by atoms with van der Waals surface area (Å²) in [6, 6.07) is 0.516. The zero-order valence-electron chi connectivity index (χ0n) is 8.50. The molecule has 0 radical (unpaired) electrons. The van der Waals surface area contributed by atoms with Crippen LogP contribution in [0.2, 0.25) is 0 Å². The molecular weight excluding hydrogens is 162 g/mol. The quantitative estimate of drug-likeness (QED) is 0.560. The number of amides is 1. The maximum Gasteiger partial charge on any atom is 0.225 e. The van der Waals surface area contributed by atoms with Crippen LogP contribution in [0.4, 0.5) is 0 Å². The SMILES string of the molecule is C[C@@H]1[C@H]2C(=O)N[C@H]2[C@H]2C[C@@H]1C2(C)C. The Morgan fingerprint density at radius 3 is 2.54 bits per heavy atom. The summed E-state index contributed by atoms with van der Waals surface area (Å²) in [4.78, 5) is 11.3. The molecule has 2 bridgehead atoms. The van der Waals surface area contributed by atoms with E-state index in [1.807, 2.05) is 0 Å². The van der Waals surface area contributed by atoms with Gasteiger partial charge in [-0.1, -0.05) is 20.8 Å². The van der Waals surface area contributed by atoms with Crippen molar-refractivity contribution in [2.24, 2.45) is 29.1 Å². The molecule has 72 valence electrons. The maximum atomic E-state index is 11.3. The first-order chi connectivity index (χ1) is 6.03. The Balaban J connectivity index is 1.94. The first-order valence-corrected chi connectivity index (χ1v) is 5.34. The Hall–Kier alpha value is -0.530. The van der Waals surface area contributed by atoms with E-state index in [4.69, 9.17) is 0 Å². The fourth-order valence-corrected chi connectivity index (χ4v) is 4.08. The number of carbonyl (C=O) groups excluding carboxylic acids is 1. The van der Waals surface area contributed by atoms with Gasteiger partial charge in [-0.25, -0.2) is 0 Å². The van der Waals surface area contributed by atoms with Crippen LogP contribution in [0.1, 0.15) is 27.2 Å². The second-order valence-corrected chi connectivity index (χ2v) is 5.69. The molecule has 4 fully saturated rings. The molecule has 1 heterocycles. The minimum atomic E-state index is 0.308. The van der Waals surface area contributed by atoms with E-state index in [-0.39, 0.29) is 0 Å². The zero-order valence-corrected chi connectivity index (χ0v) is 8.50. The third kappa shape index (κ3) is 0.660. The molecule has 4 aliphatic rings. The predicted octanol–water partition coefficient (Wildman–Crippen LogP) is 1.41. The molecule has 2 heteroatoms. The van der Waals surface area contributed by atoms with Crippen molar-refractivity contribution in [2.45, 2.75) is 33.2 Å². The van der Waals surface area contributed by atoms with Gasteiger partial charge in [0, 0.05) is 6.04 Å². The zero-order chi connectivity index (χ0) is 9.38. The number of hydrogen-bond acceptors (Lipinski definition) is 1. The van der Waals surface area contributed by atoms with Gasteiger partial charge in [0.15, 0.2) is 0 Å². The summed E-state index contributed by atoms with van der Waals surface area (Å²) in [5.41, 5.74) is 0.480. The molecule has 1 aliphatic heterocycles. The number of hydrogen-bond donors (Lipinski definition) is 1. The minimum absolute atomic E-state index is 0.308. The van der Waals surface area contributed by atoms with Crippen molar-refractivity contribution in [1.29, 1.82) is 0 Å². The third-order valence-electron chi connectivity index (χ3n) is 5.05. The van der Waals surface area contributed by atoms with E-state index in [1.54, 1.807) is 0 Å². The van der Waals surface area contributed by atoms with Crippen LogP contribution in [0.25, 0.3) is 0 Å². The summed E-state index contributed by atoms with van der Waals surface area (Å²) < 4.78 is 0. The molecule has 0 unspecified atom stereocenters. The fraction of sp³-hybridized carbons (Fsp3) is 0.909. The standard InChI is InChI=1S/C11H17NO/c1-5-6-4-7(11(6,2)3)9-8(5)10(13)12-9/h5-9H,4H2,1-3H3,(H,12,13)/t5-,6-,7+,8+,9-/m0/s1. The molecular formula is C11H17NO. The highest BCUT2D eigenvalue weighted by molar-refractivity contribution is 5.87. The van der Waals surface area contributed by atoms with Gasteiger partial charge in [-0.3, -0.25) is 4.79 Å². The van der Waals surface area contributed by atoms with E-state index in [2.05, 4.69) is 26.1 Å². The van der Waals surface area contributed by atoms with Gasteiger partial charge in [-0.05, 0) is 29.6 Å². The van der Waals surface area contributed by atoms with Crippen molar-refractivity contribution >= 4 is 5.91 Å². The molecule has 0 spiro atoms. The van der Waals surface area contributed by atoms with Gasteiger partial charge in [0.05, 0.1) is 5.92 Å². The molecule has 1 amide bonds. The van der Waals surface area contributed by atoms with Crippen LogP contribution in [0, 0.1) is 29.1 Å². The average Bonchev–Trinajstić information content (AvgIpc) is 2.00. The minimum Gasteiger partial charge on any atom is -0.352 e. The lowest BCUT2D eigenvalue weighted by Gasteiger charge is -2.68. The molecule has 0 aromatic rings. The monoisotopic (exact) mass is 179 g/mol. The van der Waals surface area contributed by atoms with E-state index in [0.29, 0.717) is 29.2 Å². The Morgan fingerprint density at radius 1 is 1.38 bits per heavy atom. The Labute approximate surface area is 79.1 Å². The highest BCUT2D eigenvalue weighted by Gasteiger charge is 2.66. The van der Waals surface area contributed by atoms with Crippen molar-refractivity contribution in [3.63, 3.8) is 0 Å². The normalized spacial score (nSPS) is 55.6. The van der Waals surface area contributed by atoms with Crippen LogP contribution in [0.5, 0.6) is 0 Å². The Bertz CT molecular complexity index is 270. The fourth-order valence-electron chi connectivity index (χ4n) is 4.08. The molecule has 1 saturated heterocycles. The van der Waals surface area contributed by atoms with Gasteiger partial charge >= 0.3 is 0 Å². The molecule has 2 nitrogen and oxygen atoms in total. The van der Waals surface area contributed by atoms with Gasteiger partial charge in [0.2, 0.25) is 5.91 Å². The van der Waals surface area contributed by atoms with Gasteiger partial charge in [-0.15, -0.1) is 0 Å². The van der Waals surface area contributed by atoms with Crippen molar-refractivity contribution in [3.8, 4) is 0 Å². The van der Waals surface area contributed by atoms with Crippen molar-refractivity contribution < 1.29 is 4.79 Å². The number of β-lactam (4-membered cyclic amide) rings is 1. The highest BCUT2D eigenvalue weighted by Crippen LogP contribution is 2.64. The van der Waals surface area contributed by atoms with Crippen LogP contribution in [-0.4, -0.2) is 11.9 Å². The molecule has 4 rings (SSSR count). The molecule has 0 aromatic heterocycles. The van der Waals surface area contributed by atoms with Crippen LogP contribution in [0.3, 0.4) is 0 Å². The van der Waals surface area contributed by atoms with Crippen molar-refractivity contribution in [3.05, 3.63) is 0 Å². The lowest BCUT2D eigenvalue weighted by Crippen LogP contribution is -2.75. The maximum absolute atomic E-state index is 11.3. The van der Waals surface area contributed by atoms with Gasteiger partial charge < -0.3 is 5.32 Å². The molecule has 0 aromatic carbocycles. The van der Waals surface area contributed by atoms with Crippen molar-refractivity contribution in [2.75, 3.05) is 0 Å². The number of rotatable bonds is 0. The van der Waals surface area contributed by atoms with Crippen molar-refractivity contribution in [1.82, 2.24) is 5.32 Å². The van der Waals surface area contributed by atoms with Gasteiger partial charge in [0.25, 0.3) is 0 Å². The molecule has 3 aliphatic carbocycles. The van der Waals surface area contributed by atoms with Crippen LogP contribution < -0.4 is 5.32 Å². The first-order valence-electron chi connectivity index (χ1n) is 5.34. The van der Waals surface area contributed by atoms with E-state index >= 15 is 0 Å². The van der Waals surface area contributed by atoms with Crippen LogP contribution >= 0.6 is 0 Å². The molecule has 13 heavy (non-hydrogen) atoms. The van der Waals surface area contributed by atoms with Gasteiger partial charge in [-0.2, -0.15) is 0 Å². The van der Waals surface area contributed by atoms with Crippen LogP contribution in [0.15, 0.2) is 0 Å². The lowest BCUT2D eigenvalue weighted by atomic mass is 9.40. The topological polar surface area (TPSA) is 29.1 Å². The molecule has 5 atom stereocenters. The summed E-state index contributed by atoms with van der Waals surface area (Å²) in [6.07, 6.45) is 1.34. The van der Waals surface area contributed by atoms with Crippen LogP contribution in [-0.2, 0) is 4.79 Å². The van der Waals surface area contributed by atoms with Gasteiger partial charge in [0.1, 0.15) is 0 Å². The first kappa shape index (κ1) is 7.84. The lowest BCUT2D eigenvalue weighted by molar-refractivity contribution is -0.190. The Morgan fingerprint density at radius 2 is 2.08 bits per heavy atom. The largest absolute Gasteiger partial charge is 0.352 e.